The molecule has 7 nitrogen and oxygen atoms in total. The number of ether oxygens (including phenoxy) is 3. The number of aryl methyl sites for hydroxylation is 1. The summed E-state index contributed by atoms with van der Waals surface area (Å²) in [6.45, 7) is 3.79. The Labute approximate surface area is 144 Å². The van der Waals surface area contributed by atoms with Crippen LogP contribution >= 0.6 is 12.4 Å². The highest BCUT2D eigenvalue weighted by Crippen LogP contribution is 2.32. The monoisotopic (exact) mass is 368 g/mol. The molecule has 0 atom stereocenters. The maximum Gasteiger partial charge on any atom is 0.241 e. The lowest BCUT2D eigenvalue weighted by molar-refractivity contribution is 0.199. The van der Waals surface area contributed by atoms with Gasteiger partial charge in [0, 0.05) is 32.8 Å². The van der Waals surface area contributed by atoms with Gasteiger partial charge in [0.2, 0.25) is 10.0 Å². The summed E-state index contributed by atoms with van der Waals surface area (Å²) in [6.07, 6.45) is 0. The molecule has 0 unspecified atom stereocenters. The van der Waals surface area contributed by atoms with Crippen molar-refractivity contribution in [1.82, 2.24) is 10.0 Å². The van der Waals surface area contributed by atoms with E-state index in [4.69, 9.17) is 14.2 Å². The Morgan fingerprint density at radius 1 is 1.00 bits per heavy atom. The van der Waals surface area contributed by atoms with E-state index in [9.17, 15) is 8.42 Å². The van der Waals surface area contributed by atoms with Crippen molar-refractivity contribution in [3.8, 4) is 11.5 Å². The summed E-state index contributed by atoms with van der Waals surface area (Å²) in [7, 11) is 0.996. The molecule has 0 heterocycles. The largest absolute Gasteiger partial charge is 0.493 e. The SMILES string of the molecule is COCCNCCNS(=O)(=O)c1cc(OC)c(OC)cc1C.Cl. The molecule has 1 aromatic rings. The fraction of sp³-hybridized carbons (Fsp3) is 0.571. The van der Waals surface area contributed by atoms with Crippen LogP contribution in [0.4, 0.5) is 0 Å². The third kappa shape index (κ3) is 6.52. The summed E-state index contributed by atoms with van der Waals surface area (Å²) in [5.41, 5.74) is 0.595. The molecule has 0 bridgehead atoms. The molecule has 0 spiro atoms. The predicted molar refractivity (Wildman–Crippen MR) is 91.5 cm³/mol. The van der Waals surface area contributed by atoms with Gasteiger partial charge in [-0.3, -0.25) is 0 Å². The normalized spacial score (nSPS) is 11.0. The lowest BCUT2D eigenvalue weighted by Gasteiger charge is -2.14. The van der Waals surface area contributed by atoms with Crippen LogP contribution in [0.1, 0.15) is 5.56 Å². The van der Waals surface area contributed by atoms with Gasteiger partial charge in [0.15, 0.2) is 11.5 Å². The molecule has 23 heavy (non-hydrogen) atoms. The van der Waals surface area contributed by atoms with Crippen molar-refractivity contribution in [1.29, 1.82) is 0 Å². The van der Waals surface area contributed by atoms with E-state index in [1.54, 1.807) is 20.1 Å². The molecule has 134 valence electrons. The Morgan fingerprint density at radius 3 is 2.17 bits per heavy atom. The van der Waals surface area contributed by atoms with Gasteiger partial charge in [0.1, 0.15) is 0 Å². The number of nitrogens with one attached hydrogen (secondary N) is 2. The van der Waals surface area contributed by atoms with Crippen molar-refractivity contribution < 1.29 is 22.6 Å². The second-order valence-corrected chi connectivity index (χ2v) is 6.35. The Balaban J connectivity index is 0.00000484. The molecule has 2 N–H and O–H groups in total. The van der Waals surface area contributed by atoms with Gasteiger partial charge in [-0.05, 0) is 18.6 Å². The average Bonchev–Trinajstić information content (AvgIpc) is 2.50. The minimum Gasteiger partial charge on any atom is -0.493 e. The topological polar surface area (TPSA) is 85.9 Å². The van der Waals surface area contributed by atoms with Crippen LogP contribution in [0, 0.1) is 6.92 Å². The second kappa shape index (κ2) is 10.7. The number of sulfonamides is 1. The molecule has 0 aromatic heterocycles. The quantitative estimate of drug-likeness (QED) is 0.598. The highest BCUT2D eigenvalue weighted by atomic mass is 35.5. The zero-order valence-electron chi connectivity index (χ0n) is 13.8. The van der Waals surface area contributed by atoms with E-state index in [1.165, 1.54) is 20.3 Å². The molecule has 1 rings (SSSR count). The third-order valence-electron chi connectivity index (χ3n) is 3.05. The fourth-order valence-electron chi connectivity index (χ4n) is 1.90. The van der Waals surface area contributed by atoms with Gasteiger partial charge in [-0.2, -0.15) is 0 Å². The van der Waals surface area contributed by atoms with Crippen molar-refractivity contribution in [3.05, 3.63) is 17.7 Å². The molecule has 0 saturated carbocycles. The van der Waals surface area contributed by atoms with Crippen LogP contribution in [0.3, 0.4) is 0 Å². The van der Waals surface area contributed by atoms with Gasteiger partial charge in [-0.1, -0.05) is 0 Å². The number of hydrogen-bond acceptors (Lipinski definition) is 6. The first-order valence-corrected chi connectivity index (χ1v) is 8.36. The Kier molecular flexibility index (Phi) is 10.2. The Morgan fingerprint density at radius 2 is 1.61 bits per heavy atom. The molecule has 9 heteroatoms. The predicted octanol–water partition coefficient (Wildman–Crippen LogP) is 0.948. The molecule has 0 amide bonds. The van der Waals surface area contributed by atoms with Crippen molar-refractivity contribution in [2.45, 2.75) is 11.8 Å². The Bertz CT molecular complexity index is 581. The lowest BCUT2D eigenvalue weighted by atomic mass is 10.2. The van der Waals surface area contributed by atoms with Crippen molar-refractivity contribution >= 4 is 22.4 Å². The third-order valence-corrected chi connectivity index (χ3v) is 4.65. The zero-order valence-corrected chi connectivity index (χ0v) is 15.5. The van der Waals surface area contributed by atoms with Crippen LogP contribution in [0.15, 0.2) is 17.0 Å². The van der Waals surface area contributed by atoms with Gasteiger partial charge in [0.05, 0.1) is 25.7 Å². The van der Waals surface area contributed by atoms with E-state index < -0.39 is 10.0 Å². The van der Waals surface area contributed by atoms with Crippen LogP contribution in [0.25, 0.3) is 0 Å². The van der Waals surface area contributed by atoms with Gasteiger partial charge in [-0.25, -0.2) is 13.1 Å². The van der Waals surface area contributed by atoms with E-state index in [2.05, 4.69) is 10.0 Å². The number of halogens is 1. The van der Waals surface area contributed by atoms with Crippen molar-refractivity contribution in [2.75, 3.05) is 47.6 Å². The molecule has 0 aliphatic heterocycles. The van der Waals surface area contributed by atoms with E-state index in [1.807, 2.05) is 0 Å². The van der Waals surface area contributed by atoms with Crippen LogP contribution in [-0.2, 0) is 14.8 Å². The van der Waals surface area contributed by atoms with Gasteiger partial charge in [0.25, 0.3) is 0 Å². The summed E-state index contributed by atoms with van der Waals surface area (Å²) in [5, 5.41) is 3.07. The first kappa shape index (κ1) is 21.9. The molecule has 0 saturated heterocycles. The standard InChI is InChI=1S/C14H24N2O5S.ClH/c1-11-9-12(20-3)13(21-4)10-14(11)22(17,18)16-6-5-15-7-8-19-2;/h9-10,15-16H,5-8H2,1-4H3;1H. The van der Waals surface area contributed by atoms with Crippen molar-refractivity contribution in [2.24, 2.45) is 0 Å². The average molecular weight is 369 g/mol. The van der Waals surface area contributed by atoms with Crippen LogP contribution < -0.4 is 19.5 Å². The van der Waals surface area contributed by atoms with E-state index in [0.29, 0.717) is 43.3 Å². The molecule has 0 aliphatic carbocycles. The zero-order chi connectivity index (χ0) is 16.6. The minimum absolute atomic E-state index is 0. The molecular weight excluding hydrogens is 344 g/mol. The maximum absolute atomic E-state index is 12.3. The van der Waals surface area contributed by atoms with Crippen molar-refractivity contribution in [3.63, 3.8) is 0 Å². The van der Waals surface area contributed by atoms with E-state index >= 15 is 0 Å². The van der Waals surface area contributed by atoms with Gasteiger partial charge >= 0.3 is 0 Å². The second-order valence-electron chi connectivity index (χ2n) is 4.61. The first-order valence-electron chi connectivity index (χ1n) is 6.88. The first-order chi connectivity index (χ1) is 10.5. The maximum atomic E-state index is 12.3. The highest BCUT2D eigenvalue weighted by Gasteiger charge is 2.19. The lowest BCUT2D eigenvalue weighted by Crippen LogP contribution is -2.33. The minimum atomic E-state index is -3.60. The molecule has 1 aromatic carbocycles. The summed E-state index contributed by atoms with van der Waals surface area (Å²) in [4.78, 5) is 0.182. The summed E-state index contributed by atoms with van der Waals surface area (Å²) in [5.74, 6) is 0.881. The van der Waals surface area contributed by atoms with Crippen LogP contribution in [0.2, 0.25) is 0 Å². The number of hydrogen-bond donors (Lipinski definition) is 2. The van der Waals surface area contributed by atoms with Gasteiger partial charge in [-0.15, -0.1) is 12.4 Å². The molecule has 0 fully saturated rings. The van der Waals surface area contributed by atoms with Crippen LogP contribution in [0.5, 0.6) is 11.5 Å². The summed E-state index contributed by atoms with van der Waals surface area (Å²) >= 11 is 0. The Hall–Kier alpha value is -1.06. The number of methoxy groups -OCH3 is 3. The molecular formula is C14H25ClN2O5S. The highest BCUT2D eigenvalue weighted by molar-refractivity contribution is 7.89. The van der Waals surface area contributed by atoms with E-state index in [-0.39, 0.29) is 17.3 Å². The molecule has 0 radical (unpaired) electrons. The van der Waals surface area contributed by atoms with Gasteiger partial charge < -0.3 is 19.5 Å². The number of rotatable bonds is 10. The fourth-order valence-corrected chi connectivity index (χ4v) is 3.17. The van der Waals surface area contributed by atoms with E-state index in [0.717, 1.165) is 0 Å². The van der Waals surface area contributed by atoms with Crippen LogP contribution in [-0.4, -0.2) is 56.0 Å². The molecule has 0 aliphatic rings. The summed E-state index contributed by atoms with van der Waals surface area (Å²) < 4.78 is 42.5. The smallest absolute Gasteiger partial charge is 0.241 e. The number of benzene rings is 1. The summed E-state index contributed by atoms with van der Waals surface area (Å²) in [6, 6.07) is 3.11.